The molecule has 9 heteroatoms. The lowest BCUT2D eigenvalue weighted by Crippen LogP contribution is -2.57. The lowest BCUT2D eigenvalue weighted by atomic mass is 10.0. The van der Waals surface area contributed by atoms with Crippen LogP contribution in [0.4, 0.5) is 0 Å². The molecule has 0 heterocycles. The van der Waals surface area contributed by atoms with Crippen LogP contribution in [-0.4, -0.2) is 46.9 Å². The van der Waals surface area contributed by atoms with Crippen LogP contribution in [0.2, 0.25) is 0 Å². The fourth-order valence-corrected chi connectivity index (χ4v) is 3.31. The lowest BCUT2D eigenvalue weighted by Gasteiger charge is -2.26. The second-order valence-electron chi connectivity index (χ2n) is 8.67. The Bertz CT molecular complexity index is 1010. The first kappa shape index (κ1) is 27.4. The van der Waals surface area contributed by atoms with Gasteiger partial charge in [-0.1, -0.05) is 56.3 Å². The van der Waals surface area contributed by atoms with E-state index in [-0.39, 0.29) is 12.3 Å². The van der Waals surface area contributed by atoms with E-state index in [9.17, 15) is 19.2 Å². The van der Waals surface area contributed by atoms with Gasteiger partial charge in [0.2, 0.25) is 17.7 Å². The molecule has 3 atom stereocenters. The number of aliphatic carboxylic acids is 1. The van der Waals surface area contributed by atoms with Gasteiger partial charge >= 0.3 is 5.97 Å². The molecule has 0 unspecified atom stereocenters. The number of amides is 3. The van der Waals surface area contributed by atoms with Crippen molar-refractivity contribution >= 4 is 23.7 Å². The third kappa shape index (κ3) is 9.11. The Morgan fingerprint density at radius 2 is 1.46 bits per heavy atom. The summed E-state index contributed by atoms with van der Waals surface area (Å²) in [6, 6.07) is 14.0. The van der Waals surface area contributed by atoms with Crippen molar-refractivity contribution in [2.24, 2.45) is 5.92 Å². The molecule has 0 bridgehead atoms. The van der Waals surface area contributed by atoms with Gasteiger partial charge in [0.05, 0.1) is 0 Å². The number of hydrogen-bond donors (Lipinski definition) is 4. The highest BCUT2D eigenvalue weighted by Gasteiger charge is 2.30. The molecule has 188 valence electrons. The first-order valence-electron chi connectivity index (χ1n) is 11.4. The van der Waals surface area contributed by atoms with E-state index >= 15 is 0 Å². The highest BCUT2D eigenvalue weighted by atomic mass is 16.5. The molecule has 0 radical (unpaired) electrons. The van der Waals surface area contributed by atoms with Gasteiger partial charge in [-0.2, -0.15) is 0 Å². The summed E-state index contributed by atoms with van der Waals surface area (Å²) in [5.41, 5.74) is 1.83. The maximum Gasteiger partial charge on any atom is 0.325 e. The molecule has 3 amide bonds. The number of carboxylic acid groups (broad SMARTS) is 1. The van der Waals surface area contributed by atoms with E-state index in [0.717, 1.165) is 11.1 Å². The van der Waals surface area contributed by atoms with Gasteiger partial charge in [-0.25, -0.2) is 0 Å². The standard InChI is InChI=1S/C26H33N3O6/c1-16(2)23(25(32)27-17(3)26(33)34)29-24(31)22(28-18(4)30)14-19-10-12-21(13-11-19)35-15-20-8-6-5-7-9-20/h5-13,16-17,22-23H,14-15H2,1-4H3,(H,27,32)(H,28,30)(H,29,31)(H,33,34)/t17-,22+,23+/m1/s1. The zero-order valence-corrected chi connectivity index (χ0v) is 20.4. The Morgan fingerprint density at radius 3 is 2.00 bits per heavy atom. The fraction of sp³-hybridized carbons (Fsp3) is 0.385. The van der Waals surface area contributed by atoms with Crippen LogP contribution < -0.4 is 20.7 Å². The molecule has 9 nitrogen and oxygen atoms in total. The molecule has 0 fully saturated rings. The largest absolute Gasteiger partial charge is 0.489 e. The van der Waals surface area contributed by atoms with Gasteiger partial charge in [-0.05, 0) is 36.1 Å². The molecule has 2 aromatic carbocycles. The van der Waals surface area contributed by atoms with E-state index in [0.29, 0.717) is 12.4 Å². The SMILES string of the molecule is CC(=O)N[C@@H](Cc1ccc(OCc2ccccc2)cc1)C(=O)N[C@H](C(=O)N[C@H](C)C(=O)O)C(C)C. The van der Waals surface area contributed by atoms with Crippen molar-refractivity contribution in [3.05, 3.63) is 65.7 Å². The van der Waals surface area contributed by atoms with Gasteiger partial charge < -0.3 is 25.8 Å². The van der Waals surface area contributed by atoms with E-state index in [1.165, 1.54) is 13.8 Å². The number of benzene rings is 2. The van der Waals surface area contributed by atoms with Crippen molar-refractivity contribution < 1.29 is 29.0 Å². The predicted molar refractivity (Wildman–Crippen MR) is 131 cm³/mol. The minimum Gasteiger partial charge on any atom is -0.489 e. The average molecular weight is 484 g/mol. The first-order valence-corrected chi connectivity index (χ1v) is 11.4. The van der Waals surface area contributed by atoms with Gasteiger partial charge in [0.15, 0.2) is 0 Å². The monoisotopic (exact) mass is 483 g/mol. The number of carbonyl (C=O) groups is 4. The van der Waals surface area contributed by atoms with Gasteiger partial charge in [-0.3, -0.25) is 19.2 Å². The number of carboxylic acids is 1. The highest BCUT2D eigenvalue weighted by Crippen LogP contribution is 2.16. The second kappa shape index (κ2) is 13.1. The van der Waals surface area contributed by atoms with E-state index in [2.05, 4.69) is 16.0 Å². The highest BCUT2D eigenvalue weighted by molar-refractivity contribution is 5.93. The molecule has 0 saturated heterocycles. The zero-order valence-electron chi connectivity index (χ0n) is 20.4. The van der Waals surface area contributed by atoms with Crippen molar-refractivity contribution in [1.29, 1.82) is 0 Å². The van der Waals surface area contributed by atoms with E-state index in [1.54, 1.807) is 26.0 Å². The van der Waals surface area contributed by atoms with Crippen LogP contribution in [0.25, 0.3) is 0 Å². The molecule has 35 heavy (non-hydrogen) atoms. The molecule has 0 aliphatic rings. The summed E-state index contributed by atoms with van der Waals surface area (Å²) in [6.45, 7) is 6.54. The Kier molecular flexibility index (Phi) is 10.3. The number of nitrogens with one attached hydrogen (secondary N) is 3. The van der Waals surface area contributed by atoms with Crippen molar-refractivity contribution in [1.82, 2.24) is 16.0 Å². The van der Waals surface area contributed by atoms with Crippen molar-refractivity contribution in [3.63, 3.8) is 0 Å². The Morgan fingerprint density at radius 1 is 0.829 bits per heavy atom. The average Bonchev–Trinajstić information content (AvgIpc) is 2.81. The van der Waals surface area contributed by atoms with E-state index < -0.39 is 41.8 Å². The summed E-state index contributed by atoms with van der Waals surface area (Å²) in [5, 5.41) is 16.7. The Hall–Kier alpha value is -3.88. The quantitative estimate of drug-likeness (QED) is 0.365. The number of carbonyl (C=O) groups excluding carboxylic acids is 3. The minimum atomic E-state index is -1.18. The van der Waals surface area contributed by atoms with Crippen molar-refractivity contribution in [2.45, 2.75) is 58.8 Å². The van der Waals surface area contributed by atoms with Crippen LogP contribution in [0.15, 0.2) is 54.6 Å². The summed E-state index contributed by atoms with van der Waals surface area (Å²) >= 11 is 0. The summed E-state index contributed by atoms with van der Waals surface area (Å²) in [5.74, 6) is -2.36. The summed E-state index contributed by atoms with van der Waals surface area (Å²) in [4.78, 5) is 48.4. The van der Waals surface area contributed by atoms with Crippen molar-refractivity contribution in [2.75, 3.05) is 0 Å². The zero-order chi connectivity index (χ0) is 26.0. The number of rotatable bonds is 12. The Balaban J connectivity index is 2.05. The predicted octanol–water partition coefficient (Wildman–Crippen LogP) is 2.04. The topological polar surface area (TPSA) is 134 Å². The van der Waals surface area contributed by atoms with Gasteiger partial charge in [-0.15, -0.1) is 0 Å². The van der Waals surface area contributed by atoms with E-state index in [4.69, 9.17) is 9.84 Å². The van der Waals surface area contributed by atoms with Crippen LogP contribution in [-0.2, 0) is 32.2 Å². The fourth-order valence-electron chi connectivity index (χ4n) is 3.31. The number of ether oxygens (including phenoxy) is 1. The van der Waals surface area contributed by atoms with Gasteiger partial charge in [0.25, 0.3) is 0 Å². The minimum absolute atomic E-state index is 0.197. The summed E-state index contributed by atoms with van der Waals surface area (Å²) < 4.78 is 5.78. The second-order valence-corrected chi connectivity index (χ2v) is 8.67. The Labute approximate surface area is 205 Å². The van der Waals surface area contributed by atoms with Crippen LogP contribution >= 0.6 is 0 Å². The molecule has 2 aromatic rings. The van der Waals surface area contributed by atoms with Crippen LogP contribution in [0.1, 0.15) is 38.8 Å². The van der Waals surface area contributed by atoms with Crippen molar-refractivity contribution in [3.8, 4) is 5.75 Å². The van der Waals surface area contributed by atoms with Crippen LogP contribution in [0, 0.1) is 5.92 Å². The molecular formula is C26H33N3O6. The van der Waals surface area contributed by atoms with Gasteiger partial charge in [0.1, 0.15) is 30.5 Å². The van der Waals surface area contributed by atoms with Crippen LogP contribution in [0.3, 0.4) is 0 Å². The number of hydrogen-bond acceptors (Lipinski definition) is 5. The first-order chi connectivity index (χ1) is 16.6. The molecule has 0 spiro atoms. The molecular weight excluding hydrogens is 450 g/mol. The summed E-state index contributed by atoms with van der Waals surface area (Å²) in [6.07, 6.45) is 0.197. The molecule has 0 saturated carbocycles. The molecule has 2 rings (SSSR count). The molecule has 0 aliphatic carbocycles. The normalized spacial score (nSPS) is 13.3. The van der Waals surface area contributed by atoms with Gasteiger partial charge in [0, 0.05) is 13.3 Å². The lowest BCUT2D eigenvalue weighted by molar-refractivity contribution is -0.142. The smallest absolute Gasteiger partial charge is 0.325 e. The maximum atomic E-state index is 13.0. The van der Waals surface area contributed by atoms with E-state index in [1.807, 2.05) is 42.5 Å². The molecule has 0 aliphatic heterocycles. The molecule has 4 N–H and O–H groups in total. The summed E-state index contributed by atoms with van der Waals surface area (Å²) in [7, 11) is 0. The third-order valence-corrected chi connectivity index (χ3v) is 5.28. The third-order valence-electron chi connectivity index (χ3n) is 5.28. The van der Waals surface area contributed by atoms with Crippen LogP contribution in [0.5, 0.6) is 5.75 Å². The maximum absolute atomic E-state index is 13.0. The molecule has 0 aromatic heterocycles.